The summed E-state index contributed by atoms with van der Waals surface area (Å²) in [6, 6.07) is 15.5. The normalized spacial score (nSPS) is 16.7. The number of carbonyl (C=O) groups is 2. The van der Waals surface area contributed by atoms with Gasteiger partial charge in [0.2, 0.25) is 0 Å². The maximum atomic E-state index is 12.4. The van der Waals surface area contributed by atoms with Crippen molar-refractivity contribution in [2.75, 3.05) is 0 Å². The molecule has 6 nitrogen and oxygen atoms in total. The molecule has 0 saturated carbocycles. The van der Waals surface area contributed by atoms with Crippen LogP contribution in [0.3, 0.4) is 0 Å². The number of aliphatic imine (C=N–C) groups is 1. The number of hydrogen-bond acceptors (Lipinski definition) is 4. The summed E-state index contributed by atoms with van der Waals surface area (Å²) in [7, 11) is 0. The van der Waals surface area contributed by atoms with E-state index in [4.69, 9.17) is 5.11 Å². The van der Waals surface area contributed by atoms with Crippen LogP contribution in [0.5, 0.6) is 0 Å². The summed E-state index contributed by atoms with van der Waals surface area (Å²) in [6.45, 7) is 1.96. The number of aromatic nitrogens is 1. The summed E-state index contributed by atoms with van der Waals surface area (Å²) in [4.78, 5) is 28.6. The number of carboxylic acid groups (broad SMARTS) is 1. The number of fused-ring (bicyclic) bond motifs is 1. The van der Waals surface area contributed by atoms with Crippen LogP contribution in [0.15, 0.2) is 64.6 Å². The van der Waals surface area contributed by atoms with Crippen molar-refractivity contribution in [2.45, 2.75) is 19.9 Å². The largest absolute Gasteiger partial charge is 0.480 e. The number of thioether (sulfide) groups is 1. The lowest BCUT2D eigenvalue weighted by atomic mass is 10.1. The van der Waals surface area contributed by atoms with Gasteiger partial charge in [0.1, 0.15) is 6.54 Å². The van der Waals surface area contributed by atoms with E-state index in [1.54, 1.807) is 16.8 Å². The molecule has 0 spiro atoms. The minimum absolute atomic E-state index is 0.135. The van der Waals surface area contributed by atoms with Crippen LogP contribution in [-0.2, 0) is 22.6 Å². The van der Waals surface area contributed by atoms with Crippen LogP contribution in [0.1, 0.15) is 18.1 Å². The quantitative estimate of drug-likeness (QED) is 0.624. The van der Waals surface area contributed by atoms with E-state index in [0.29, 0.717) is 10.1 Å². The molecule has 1 fully saturated rings. The number of amidine groups is 1. The van der Waals surface area contributed by atoms with E-state index in [1.165, 1.54) is 17.3 Å². The van der Waals surface area contributed by atoms with Crippen molar-refractivity contribution < 1.29 is 14.7 Å². The molecule has 1 saturated heterocycles. The van der Waals surface area contributed by atoms with Crippen molar-refractivity contribution in [3.05, 3.63) is 70.8 Å². The molecule has 1 aliphatic rings. The molecular formula is C22H19N3O3S. The number of rotatable bonds is 5. The fourth-order valence-corrected chi connectivity index (χ4v) is 4.04. The fourth-order valence-electron chi connectivity index (χ4n) is 3.21. The molecule has 1 aromatic heterocycles. The van der Waals surface area contributed by atoms with Crippen molar-refractivity contribution in [2.24, 2.45) is 4.99 Å². The smallest absolute Gasteiger partial charge is 0.323 e. The Morgan fingerprint density at radius 3 is 2.69 bits per heavy atom. The average Bonchev–Trinajstić information content (AvgIpc) is 3.22. The van der Waals surface area contributed by atoms with E-state index >= 15 is 0 Å². The highest BCUT2D eigenvalue weighted by molar-refractivity contribution is 8.18. The number of carboxylic acids is 1. The predicted molar refractivity (Wildman–Crippen MR) is 116 cm³/mol. The van der Waals surface area contributed by atoms with Crippen LogP contribution < -0.4 is 5.32 Å². The molecule has 0 bridgehead atoms. The topological polar surface area (TPSA) is 83.7 Å². The van der Waals surface area contributed by atoms with Gasteiger partial charge in [-0.25, -0.2) is 4.99 Å². The first-order valence-electron chi connectivity index (χ1n) is 9.21. The van der Waals surface area contributed by atoms with Gasteiger partial charge in [-0.15, -0.1) is 0 Å². The Morgan fingerprint density at radius 2 is 1.97 bits per heavy atom. The standard InChI is InChI=1S/C22H19N3O3S/c1-2-14-7-9-16(10-8-14)23-22-24-21(28)19(29-22)11-15-12-25(13-20(26)27)18-6-4-3-5-17(15)18/h3-12H,2,13H2,1H3,(H,26,27)(H,23,24,28)/b19-11+. The number of nitrogens with zero attached hydrogens (tertiary/aromatic N) is 2. The van der Waals surface area contributed by atoms with Gasteiger partial charge in [0.15, 0.2) is 5.17 Å². The molecule has 29 heavy (non-hydrogen) atoms. The van der Waals surface area contributed by atoms with Gasteiger partial charge >= 0.3 is 5.97 Å². The van der Waals surface area contributed by atoms with E-state index in [-0.39, 0.29) is 12.5 Å². The molecule has 1 amide bonds. The molecule has 3 aromatic rings. The third kappa shape index (κ3) is 4.09. The molecule has 2 N–H and O–H groups in total. The predicted octanol–water partition coefficient (Wildman–Crippen LogP) is 4.18. The van der Waals surface area contributed by atoms with Crippen LogP contribution in [-0.4, -0.2) is 26.7 Å². The molecule has 146 valence electrons. The summed E-state index contributed by atoms with van der Waals surface area (Å²) in [6.07, 6.45) is 4.51. The van der Waals surface area contributed by atoms with Crippen LogP contribution in [0.25, 0.3) is 17.0 Å². The van der Waals surface area contributed by atoms with E-state index < -0.39 is 5.97 Å². The van der Waals surface area contributed by atoms with Crippen molar-refractivity contribution in [1.82, 2.24) is 9.88 Å². The number of para-hydroxylation sites is 1. The third-order valence-corrected chi connectivity index (χ3v) is 5.55. The van der Waals surface area contributed by atoms with Crippen LogP contribution in [0.4, 0.5) is 5.69 Å². The first kappa shape index (κ1) is 19.0. The number of benzene rings is 2. The molecule has 4 rings (SSSR count). The summed E-state index contributed by atoms with van der Waals surface area (Å²) in [5.41, 5.74) is 3.63. The lowest BCUT2D eigenvalue weighted by molar-refractivity contribution is -0.137. The summed E-state index contributed by atoms with van der Waals surface area (Å²) in [5.74, 6) is -1.13. The van der Waals surface area contributed by atoms with Gasteiger partial charge in [-0.2, -0.15) is 0 Å². The highest BCUT2D eigenvalue weighted by Crippen LogP contribution is 2.31. The zero-order chi connectivity index (χ0) is 20.4. The lowest BCUT2D eigenvalue weighted by Gasteiger charge is -1.99. The summed E-state index contributed by atoms with van der Waals surface area (Å²) < 4.78 is 1.67. The Bertz CT molecular complexity index is 1160. The van der Waals surface area contributed by atoms with E-state index in [9.17, 15) is 9.59 Å². The Balaban J connectivity index is 1.64. The number of amides is 1. The number of carbonyl (C=O) groups excluding carboxylic acids is 1. The molecular weight excluding hydrogens is 386 g/mol. The molecule has 0 atom stereocenters. The molecule has 7 heteroatoms. The second kappa shape index (κ2) is 7.97. The van der Waals surface area contributed by atoms with Gasteiger partial charge in [0.25, 0.3) is 5.91 Å². The zero-order valence-corrected chi connectivity index (χ0v) is 16.6. The molecule has 0 unspecified atom stereocenters. The lowest BCUT2D eigenvalue weighted by Crippen LogP contribution is -2.19. The number of nitrogens with one attached hydrogen (secondary N) is 1. The Morgan fingerprint density at radius 1 is 1.21 bits per heavy atom. The number of hydrogen-bond donors (Lipinski definition) is 2. The molecule has 2 aromatic carbocycles. The third-order valence-electron chi connectivity index (χ3n) is 4.64. The van der Waals surface area contributed by atoms with Crippen molar-refractivity contribution in [3.63, 3.8) is 0 Å². The summed E-state index contributed by atoms with van der Waals surface area (Å²) in [5, 5.41) is 13.4. The average molecular weight is 405 g/mol. The fraction of sp³-hybridized carbons (Fsp3) is 0.136. The highest BCUT2D eigenvalue weighted by atomic mass is 32.2. The SMILES string of the molecule is CCc1ccc(N=C2NC(=O)/C(=C\c3cn(CC(=O)O)c4ccccc34)S2)cc1. The van der Waals surface area contributed by atoms with Crippen LogP contribution >= 0.6 is 11.8 Å². The van der Waals surface area contributed by atoms with Crippen molar-refractivity contribution >= 4 is 51.5 Å². The van der Waals surface area contributed by atoms with Crippen molar-refractivity contribution in [1.29, 1.82) is 0 Å². The first-order chi connectivity index (χ1) is 14.0. The maximum Gasteiger partial charge on any atom is 0.323 e. The van der Waals surface area contributed by atoms with E-state index in [1.807, 2.05) is 48.5 Å². The number of aliphatic carboxylic acids is 1. The zero-order valence-electron chi connectivity index (χ0n) is 15.8. The molecule has 2 heterocycles. The number of aryl methyl sites for hydroxylation is 1. The van der Waals surface area contributed by atoms with Crippen molar-refractivity contribution in [3.8, 4) is 0 Å². The minimum Gasteiger partial charge on any atom is -0.480 e. The maximum absolute atomic E-state index is 12.4. The first-order valence-corrected chi connectivity index (χ1v) is 10.0. The monoisotopic (exact) mass is 405 g/mol. The van der Waals surface area contributed by atoms with Gasteiger partial charge in [-0.05, 0) is 48.0 Å². The van der Waals surface area contributed by atoms with E-state index in [2.05, 4.69) is 17.2 Å². The van der Waals surface area contributed by atoms with Gasteiger partial charge in [-0.3, -0.25) is 9.59 Å². The van der Waals surface area contributed by atoms with Crippen LogP contribution in [0.2, 0.25) is 0 Å². The van der Waals surface area contributed by atoms with Crippen LogP contribution in [0, 0.1) is 0 Å². The van der Waals surface area contributed by atoms with Gasteiger partial charge in [0.05, 0.1) is 10.6 Å². The summed E-state index contributed by atoms with van der Waals surface area (Å²) >= 11 is 1.27. The van der Waals surface area contributed by atoms with Gasteiger partial charge in [0, 0.05) is 22.7 Å². The highest BCUT2D eigenvalue weighted by Gasteiger charge is 2.24. The van der Waals surface area contributed by atoms with E-state index in [0.717, 1.165) is 28.6 Å². The molecule has 0 aliphatic carbocycles. The Hall–Kier alpha value is -3.32. The van der Waals surface area contributed by atoms with Gasteiger partial charge in [-0.1, -0.05) is 37.3 Å². The molecule has 0 radical (unpaired) electrons. The second-order valence-electron chi connectivity index (χ2n) is 6.62. The minimum atomic E-state index is -0.915. The second-order valence-corrected chi connectivity index (χ2v) is 7.66. The molecule has 1 aliphatic heterocycles. The van der Waals surface area contributed by atoms with Gasteiger partial charge < -0.3 is 15.0 Å². The Kier molecular flexibility index (Phi) is 5.22. The Labute approximate surface area is 171 Å².